The Bertz CT molecular complexity index is 1240. The molecule has 2 aliphatic rings. The molecule has 35 heavy (non-hydrogen) atoms. The lowest BCUT2D eigenvalue weighted by Crippen LogP contribution is -2.46. The molecule has 0 N–H and O–H groups in total. The Labute approximate surface area is 210 Å². The molecule has 2 aromatic rings. The van der Waals surface area contributed by atoms with Crippen molar-refractivity contribution < 1.29 is 8.42 Å². The normalized spacial score (nSPS) is 17.3. The Morgan fingerprint density at radius 3 is 2.40 bits per heavy atom. The third-order valence-corrected chi connectivity index (χ3v) is 9.33. The zero-order valence-electron chi connectivity index (χ0n) is 21.6. The highest BCUT2D eigenvalue weighted by Gasteiger charge is 2.33. The second-order valence-electron chi connectivity index (χ2n) is 9.88. The molecule has 0 unspecified atom stereocenters. The number of nitrogens with zero attached hydrogens (tertiary/aromatic N) is 5. The Morgan fingerprint density at radius 1 is 1.09 bits per heavy atom. The first kappa shape index (κ1) is 25.4. The maximum absolute atomic E-state index is 13.3. The molecule has 1 saturated heterocycles. The number of aromatic nitrogens is 2. The van der Waals surface area contributed by atoms with Crippen LogP contribution in [-0.2, 0) is 22.9 Å². The number of sulfonamides is 1. The summed E-state index contributed by atoms with van der Waals surface area (Å²) in [5.41, 5.74) is 6.38. The van der Waals surface area contributed by atoms with Crippen molar-refractivity contribution in [1.29, 1.82) is 0 Å². The fourth-order valence-electron chi connectivity index (χ4n) is 5.38. The van der Waals surface area contributed by atoms with Crippen LogP contribution in [0.25, 0.3) is 5.70 Å². The summed E-state index contributed by atoms with van der Waals surface area (Å²) < 4.78 is 28.2. The van der Waals surface area contributed by atoms with Gasteiger partial charge in [-0.2, -0.15) is 4.31 Å². The lowest BCUT2D eigenvalue weighted by molar-refractivity contribution is 0.313. The molecule has 0 bridgehead atoms. The maximum Gasteiger partial charge on any atom is 0.243 e. The molecule has 0 spiro atoms. The van der Waals surface area contributed by atoms with Gasteiger partial charge in [-0.05, 0) is 69.2 Å². The Hall–Kier alpha value is -2.71. The number of allylic oxidation sites excluding steroid dienone is 2. The molecule has 8 heteroatoms. The molecule has 0 radical (unpaired) electrons. The van der Waals surface area contributed by atoms with Gasteiger partial charge in [0.15, 0.2) is 5.82 Å². The summed E-state index contributed by atoms with van der Waals surface area (Å²) in [7, 11) is 2.61. The highest BCUT2D eigenvalue weighted by molar-refractivity contribution is 7.89. The topological polar surface area (TPSA) is 69.6 Å². The van der Waals surface area contributed by atoms with Gasteiger partial charge in [0.1, 0.15) is 5.69 Å². The quantitative estimate of drug-likeness (QED) is 0.542. The summed E-state index contributed by atoms with van der Waals surface area (Å²) in [5, 5.41) is 9.35. The second kappa shape index (κ2) is 10.1. The van der Waals surface area contributed by atoms with Crippen molar-refractivity contribution in [2.24, 2.45) is 0 Å². The van der Waals surface area contributed by atoms with Crippen LogP contribution in [-0.4, -0.2) is 68.1 Å². The van der Waals surface area contributed by atoms with Crippen LogP contribution < -0.4 is 4.90 Å². The lowest BCUT2D eigenvalue weighted by Gasteiger charge is -2.37. The van der Waals surface area contributed by atoms with Gasteiger partial charge in [0.2, 0.25) is 10.0 Å². The molecule has 1 aliphatic carbocycles. The van der Waals surface area contributed by atoms with E-state index in [2.05, 4.69) is 33.6 Å². The maximum atomic E-state index is 13.3. The Balaban J connectivity index is 1.53. The van der Waals surface area contributed by atoms with Crippen molar-refractivity contribution in [1.82, 2.24) is 19.4 Å². The van der Waals surface area contributed by atoms with Gasteiger partial charge in [0.25, 0.3) is 0 Å². The van der Waals surface area contributed by atoms with Crippen molar-refractivity contribution in [2.75, 3.05) is 39.1 Å². The first-order valence-corrected chi connectivity index (χ1v) is 13.8. The molecule has 7 nitrogen and oxygen atoms in total. The van der Waals surface area contributed by atoms with Crippen LogP contribution in [0.3, 0.4) is 0 Å². The molecule has 1 aromatic carbocycles. The molecule has 188 valence electrons. The van der Waals surface area contributed by atoms with Crippen LogP contribution in [0.15, 0.2) is 41.8 Å². The highest BCUT2D eigenvalue weighted by atomic mass is 32.2. The van der Waals surface area contributed by atoms with Crippen LogP contribution in [0.1, 0.15) is 47.2 Å². The number of aryl methyl sites for hydroxylation is 2. The van der Waals surface area contributed by atoms with Crippen LogP contribution >= 0.6 is 0 Å². The molecule has 0 amide bonds. The van der Waals surface area contributed by atoms with E-state index in [1.165, 1.54) is 11.1 Å². The van der Waals surface area contributed by atoms with Crippen molar-refractivity contribution in [3.05, 3.63) is 64.9 Å². The van der Waals surface area contributed by atoms with Crippen LogP contribution in [0.2, 0.25) is 0 Å². The van der Waals surface area contributed by atoms with E-state index in [1.807, 2.05) is 46.2 Å². The summed E-state index contributed by atoms with van der Waals surface area (Å²) in [6, 6.07) is 5.77. The monoisotopic (exact) mass is 495 g/mol. The fourth-order valence-corrected chi connectivity index (χ4v) is 7.06. The van der Waals surface area contributed by atoms with E-state index < -0.39 is 10.0 Å². The number of rotatable bonds is 7. The van der Waals surface area contributed by atoms with Gasteiger partial charge in [0.05, 0.1) is 10.6 Å². The number of hydrogen-bond donors (Lipinski definition) is 0. The van der Waals surface area contributed by atoms with E-state index in [9.17, 15) is 8.42 Å². The average molecular weight is 496 g/mol. The number of fused-ring (bicyclic) bond motifs is 1. The van der Waals surface area contributed by atoms with Crippen molar-refractivity contribution in [2.45, 2.75) is 56.9 Å². The van der Waals surface area contributed by atoms with Gasteiger partial charge < -0.3 is 9.80 Å². The van der Waals surface area contributed by atoms with Crippen molar-refractivity contribution in [3.8, 4) is 0 Å². The van der Waals surface area contributed by atoms with E-state index in [0.29, 0.717) is 18.0 Å². The minimum atomic E-state index is -3.49. The largest absolute Gasteiger partial charge is 0.376 e. The molecule has 1 aliphatic heterocycles. The third-order valence-electron chi connectivity index (χ3n) is 7.27. The summed E-state index contributed by atoms with van der Waals surface area (Å²) in [6.45, 7) is 8.71. The molecule has 0 atom stereocenters. The lowest BCUT2D eigenvalue weighted by atomic mass is 10.0. The number of piperidine rings is 1. The van der Waals surface area contributed by atoms with Crippen molar-refractivity contribution in [3.63, 3.8) is 0 Å². The molecule has 1 fully saturated rings. The first-order chi connectivity index (χ1) is 16.6. The zero-order valence-corrected chi connectivity index (χ0v) is 22.4. The van der Waals surface area contributed by atoms with Gasteiger partial charge in [-0.15, -0.1) is 10.2 Å². The van der Waals surface area contributed by atoms with E-state index in [4.69, 9.17) is 0 Å². The van der Waals surface area contributed by atoms with Gasteiger partial charge in [0, 0.05) is 45.8 Å². The summed E-state index contributed by atoms with van der Waals surface area (Å²) in [6.07, 6.45) is 8.38. The minimum absolute atomic E-state index is 0.224. The Kier molecular flexibility index (Phi) is 7.33. The van der Waals surface area contributed by atoms with Gasteiger partial charge in [-0.1, -0.05) is 30.4 Å². The molecule has 1 aromatic heterocycles. The van der Waals surface area contributed by atoms with Gasteiger partial charge in [-0.3, -0.25) is 0 Å². The molecule has 0 saturated carbocycles. The second-order valence-corrected chi connectivity index (χ2v) is 11.8. The van der Waals surface area contributed by atoms with E-state index in [-0.39, 0.29) is 6.04 Å². The first-order valence-electron chi connectivity index (χ1n) is 12.3. The van der Waals surface area contributed by atoms with E-state index in [0.717, 1.165) is 60.4 Å². The van der Waals surface area contributed by atoms with Crippen LogP contribution in [0.4, 0.5) is 5.82 Å². The molecular weight excluding hydrogens is 458 g/mol. The highest BCUT2D eigenvalue weighted by Crippen LogP contribution is 2.35. The van der Waals surface area contributed by atoms with Crippen LogP contribution in [0, 0.1) is 13.8 Å². The number of anilines is 1. The third kappa shape index (κ3) is 4.86. The smallest absolute Gasteiger partial charge is 0.243 e. The van der Waals surface area contributed by atoms with E-state index in [1.54, 1.807) is 16.4 Å². The zero-order chi connectivity index (χ0) is 25.3. The van der Waals surface area contributed by atoms with Crippen LogP contribution in [0.5, 0.6) is 0 Å². The predicted octanol–water partition coefficient (Wildman–Crippen LogP) is 3.96. The number of benzene rings is 1. The van der Waals surface area contributed by atoms with Crippen molar-refractivity contribution >= 4 is 21.5 Å². The predicted molar refractivity (Wildman–Crippen MR) is 142 cm³/mol. The minimum Gasteiger partial charge on any atom is -0.376 e. The average Bonchev–Trinajstić information content (AvgIpc) is 3.31. The molecular formula is C27H37N5O2S. The molecule has 2 heterocycles. The van der Waals surface area contributed by atoms with Gasteiger partial charge >= 0.3 is 0 Å². The Morgan fingerprint density at radius 2 is 1.77 bits per heavy atom. The summed E-state index contributed by atoms with van der Waals surface area (Å²) >= 11 is 0. The number of hydrogen-bond acceptors (Lipinski definition) is 6. The summed E-state index contributed by atoms with van der Waals surface area (Å²) in [4.78, 5) is 4.70. The standard InChI is InChI=1S/C27H37N5O2S/c1-7-9-24(30(4)5)26-22-10-8-11-23(22)27(29-28-26)31(6)21-14-16-32(17-15-21)35(33,34)25-13-12-19(2)18-20(25)3/h7,9,12-13,18,21H,1,8,10-11,14-17H2,2-6H3/b24-9-. The molecule has 4 rings (SSSR count). The SMILES string of the molecule is C=C/C=C(/c1nnc(N(C)C2CCN(S(=O)(=O)c3ccc(C)cc3C)CC2)c2c1CCC2)N(C)C. The fraction of sp³-hybridized carbons (Fsp3) is 0.481. The van der Waals surface area contributed by atoms with Gasteiger partial charge in [-0.25, -0.2) is 8.42 Å². The summed E-state index contributed by atoms with van der Waals surface area (Å²) in [5.74, 6) is 0.939. The van der Waals surface area contributed by atoms with E-state index >= 15 is 0 Å².